The van der Waals surface area contributed by atoms with Crippen molar-refractivity contribution in [1.82, 2.24) is 0 Å². The fraction of sp³-hybridized carbons (Fsp3) is 1.00. The van der Waals surface area contributed by atoms with E-state index in [0.29, 0.717) is 0 Å². The van der Waals surface area contributed by atoms with Crippen LogP contribution < -0.4 is 0 Å². The highest BCUT2D eigenvalue weighted by atomic mass is 35.8. The van der Waals surface area contributed by atoms with Gasteiger partial charge in [0.2, 0.25) is 0 Å². The molecule has 0 fully saturated rings. The van der Waals surface area contributed by atoms with E-state index >= 15 is 0 Å². The molecule has 86 valence electrons. The summed E-state index contributed by atoms with van der Waals surface area (Å²) in [6, 6.07) is -2.55. The first-order valence-electron chi connectivity index (χ1n) is 4.23. The summed E-state index contributed by atoms with van der Waals surface area (Å²) in [6.45, 7) is 2.04. The Bertz CT molecular complexity index is 146. The normalized spacial score (nSPS) is 17.1. The number of halogens is 3. The second-order valence-corrected chi connectivity index (χ2v) is 19.9. The molecule has 14 heavy (non-hydrogen) atoms. The highest BCUT2D eigenvalue weighted by molar-refractivity contribution is 7.66. The smallest absolute Gasteiger partial charge is 0.343 e. The van der Waals surface area contributed by atoms with Crippen molar-refractivity contribution in [3.05, 3.63) is 0 Å². The van der Waals surface area contributed by atoms with E-state index in [-0.39, 0.29) is 5.16 Å². The SMILES string of the molecule is CCC([SiH2]O[SiH2]O[SiH2]O[SiH3])[Si](Cl)(Cl)Cl. The van der Waals surface area contributed by atoms with Gasteiger partial charge in [-0.1, -0.05) is 13.3 Å². The van der Waals surface area contributed by atoms with Crippen LogP contribution in [-0.4, -0.2) is 46.3 Å². The third-order valence-electron chi connectivity index (χ3n) is 1.64. The van der Waals surface area contributed by atoms with Crippen LogP contribution in [0.3, 0.4) is 0 Å². The van der Waals surface area contributed by atoms with Crippen LogP contribution in [0.1, 0.15) is 13.3 Å². The summed E-state index contributed by atoms with van der Waals surface area (Å²) in [6.07, 6.45) is 0.901. The highest BCUT2D eigenvalue weighted by Crippen LogP contribution is 2.35. The van der Waals surface area contributed by atoms with Crippen LogP contribution in [0.2, 0.25) is 5.16 Å². The lowest BCUT2D eigenvalue weighted by atomic mass is 10.6. The quantitative estimate of drug-likeness (QED) is 0.314. The molecule has 0 aliphatic rings. The summed E-state index contributed by atoms with van der Waals surface area (Å²) >= 11 is 17.8. The number of rotatable bonds is 8. The standard InChI is InChI=1S/C3H15Cl3O3Si5/c1-2-3(14(4,5)6)11-8-13-9-12-7-10/h3H,2,11-13H2,1,10H3. The van der Waals surface area contributed by atoms with Crippen molar-refractivity contribution < 1.29 is 12.3 Å². The van der Waals surface area contributed by atoms with Crippen molar-refractivity contribution in [2.75, 3.05) is 0 Å². The van der Waals surface area contributed by atoms with Gasteiger partial charge in [-0.15, -0.1) is 33.2 Å². The Kier molecular flexibility index (Phi) is 10.1. The average molecular weight is 346 g/mol. The summed E-state index contributed by atoms with van der Waals surface area (Å²) in [5.41, 5.74) is 0. The molecule has 0 radical (unpaired) electrons. The molecule has 0 heterocycles. The Hall–Kier alpha value is 1.83. The lowest BCUT2D eigenvalue weighted by Gasteiger charge is -2.19. The molecule has 0 N–H and O–H groups in total. The molecule has 11 heteroatoms. The van der Waals surface area contributed by atoms with Crippen LogP contribution in [0.4, 0.5) is 0 Å². The molecule has 0 spiro atoms. The molecular weight excluding hydrogens is 331 g/mol. The molecule has 0 aromatic carbocycles. The minimum atomic E-state index is -2.55. The summed E-state index contributed by atoms with van der Waals surface area (Å²) in [7, 11) is -1.54. The van der Waals surface area contributed by atoms with Gasteiger partial charge < -0.3 is 12.3 Å². The van der Waals surface area contributed by atoms with Crippen LogP contribution in [0.5, 0.6) is 0 Å². The van der Waals surface area contributed by atoms with Crippen molar-refractivity contribution in [2.45, 2.75) is 18.5 Å². The summed E-state index contributed by atoms with van der Waals surface area (Å²) in [5, 5.41) is 0.210. The Labute approximate surface area is 110 Å². The largest absolute Gasteiger partial charge is 0.449 e. The molecule has 1 unspecified atom stereocenters. The number of hydrogen-bond acceptors (Lipinski definition) is 3. The average Bonchev–Trinajstić information content (AvgIpc) is 2.09. The van der Waals surface area contributed by atoms with Gasteiger partial charge in [0.1, 0.15) is 10.5 Å². The Morgan fingerprint density at radius 2 is 1.93 bits per heavy atom. The van der Waals surface area contributed by atoms with Crippen LogP contribution in [0.15, 0.2) is 0 Å². The summed E-state index contributed by atoms with van der Waals surface area (Å²) < 4.78 is 15.8. The highest BCUT2D eigenvalue weighted by Gasteiger charge is 2.35. The fourth-order valence-electron chi connectivity index (χ4n) is 0.810. The number of hydrogen-bond donors (Lipinski definition) is 0. The second kappa shape index (κ2) is 8.93. The second-order valence-electron chi connectivity index (χ2n) is 2.75. The van der Waals surface area contributed by atoms with Crippen LogP contribution >= 0.6 is 33.2 Å². The molecule has 0 amide bonds. The third kappa shape index (κ3) is 8.04. The molecule has 0 aromatic heterocycles. The van der Waals surface area contributed by atoms with Gasteiger partial charge in [-0.05, 0) is 0 Å². The monoisotopic (exact) mass is 344 g/mol. The predicted octanol–water partition coefficient (Wildman–Crippen LogP) is -1.21. The van der Waals surface area contributed by atoms with Crippen molar-refractivity contribution in [1.29, 1.82) is 0 Å². The van der Waals surface area contributed by atoms with Gasteiger partial charge >= 0.3 is 6.00 Å². The van der Waals surface area contributed by atoms with Gasteiger partial charge in [0.05, 0.1) is 0 Å². The molecule has 1 atom stereocenters. The van der Waals surface area contributed by atoms with Crippen LogP contribution in [0.25, 0.3) is 0 Å². The van der Waals surface area contributed by atoms with Crippen molar-refractivity contribution in [3.8, 4) is 0 Å². The minimum absolute atomic E-state index is 0.210. The predicted molar refractivity (Wildman–Crippen MR) is 76.2 cm³/mol. The van der Waals surface area contributed by atoms with E-state index in [2.05, 4.69) is 0 Å². The molecule has 0 saturated carbocycles. The zero-order valence-corrected chi connectivity index (χ0v) is 17.8. The molecule has 0 rings (SSSR count). The van der Waals surface area contributed by atoms with Gasteiger partial charge in [-0.2, -0.15) is 0 Å². The first-order chi connectivity index (χ1) is 6.52. The topological polar surface area (TPSA) is 27.7 Å². The fourth-order valence-corrected chi connectivity index (χ4v) is 11.9. The Morgan fingerprint density at radius 1 is 1.29 bits per heavy atom. The maximum Gasteiger partial charge on any atom is 0.343 e. The van der Waals surface area contributed by atoms with E-state index in [9.17, 15) is 0 Å². The maximum atomic E-state index is 5.93. The summed E-state index contributed by atoms with van der Waals surface area (Å²) in [4.78, 5) is 0. The first-order valence-corrected chi connectivity index (χ1v) is 13.9. The lowest BCUT2D eigenvalue weighted by Crippen LogP contribution is -2.27. The van der Waals surface area contributed by atoms with Gasteiger partial charge in [-0.25, -0.2) is 0 Å². The van der Waals surface area contributed by atoms with E-state index in [1.807, 2.05) is 6.92 Å². The molecular formula is C3H15Cl3O3Si5. The van der Waals surface area contributed by atoms with Crippen molar-refractivity contribution in [2.24, 2.45) is 0 Å². The lowest BCUT2D eigenvalue weighted by molar-refractivity contribution is 0.437. The summed E-state index contributed by atoms with van der Waals surface area (Å²) in [5.74, 6) is 0. The van der Waals surface area contributed by atoms with Crippen molar-refractivity contribution >= 4 is 79.5 Å². The van der Waals surface area contributed by atoms with Gasteiger partial charge in [0.15, 0.2) is 9.76 Å². The molecule has 0 bridgehead atoms. The molecule has 0 aliphatic heterocycles. The zero-order valence-electron chi connectivity index (χ0n) is 8.26. The van der Waals surface area contributed by atoms with Crippen LogP contribution in [0, 0.1) is 0 Å². The van der Waals surface area contributed by atoms with Gasteiger partial charge in [-0.3, -0.25) is 0 Å². The van der Waals surface area contributed by atoms with Crippen LogP contribution in [-0.2, 0) is 12.3 Å². The van der Waals surface area contributed by atoms with Crippen molar-refractivity contribution in [3.63, 3.8) is 0 Å². The molecule has 3 nitrogen and oxygen atoms in total. The van der Waals surface area contributed by atoms with Gasteiger partial charge in [0.25, 0.3) is 20.0 Å². The van der Waals surface area contributed by atoms with E-state index in [0.717, 1.165) is 16.9 Å². The minimum Gasteiger partial charge on any atom is -0.449 e. The molecule has 0 aromatic rings. The molecule has 0 aliphatic carbocycles. The third-order valence-corrected chi connectivity index (χ3v) is 15.3. The van der Waals surface area contributed by atoms with E-state index in [1.165, 1.54) is 0 Å². The Balaban J connectivity index is 3.54. The first kappa shape index (κ1) is 15.8. The Morgan fingerprint density at radius 3 is 2.36 bits per heavy atom. The van der Waals surface area contributed by atoms with E-state index < -0.39 is 35.8 Å². The molecule has 0 saturated heterocycles. The zero-order chi connectivity index (χ0) is 11.0. The van der Waals surface area contributed by atoms with E-state index in [4.69, 9.17) is 45.6 Å². The van der Waals surface area contributed by atoms with Gasteiger partial charge in [0, 0.05) is 5.16 Å². The maximum absolute atomic E-state index is 5.93. The van der Waals surface area contributed by atoms with E-state index in [1.54, 1.807) is 0 Å².